The van der Waals surface area contributed by atoms with Crippen LogP contribution in [-0.2, 0) is 14.3 Å². The molecule has 1 aliphatic heterocycles. The Kier molecular flexibility index (Phi) is 4.04. The highest BCUT2D eigenvalue weighted by molar-refractivity contribution is 5.66. The van der Waals surface area contributed by atoms with Crippen LogP contribution in [0.25, 0.3) is 0 Å². The molecule has 0 aromatic carbocycles. The first-order chi connectivity index (χ1) is 6.97. The summed E-state index contributed by atoms with van der Waals surface area (Å²) in [5.74, 6) is -0.858. The second-order valence-corrected chi connectivity index (χ2v) is 3.72. The van der Waals surface area contributed by atoms with E-state index in [0.29, 0.717) is 0 Å². The first kappa shape index (κ1) is 12.4. The number of ether oxygens (including phenoxy) is 2. The van der Waals surface area contributed by atoms with Crippen molar-refractivity contribution in [2.75, 3.05) is 6.54 Å². The van der Waals surface area contributed by atoms with Gasteiger partial charge in [0.2, 0.25) is 0 Å². The van der Waals surface area contributed by atoms with E-state index in [1.54, 1.807) is 6.92 Å². The second kappa shape index (κ2) is 4.89. The number of hydrogen-bond donors (Lipinski definition) is 3. The molecular formula is C9H17NO5. The molecule has 1 fully saturated rings. The van der Waals surface area contributed by atoms with Crippen LogP contribution in [0.1, 0.15) is 13.8 Å². The van der Waals surface area contributed by atoms with E-state index in [9.17, 15) is 15.0 Å². The summed E-state index contributed by atoms with van der Waals surface area (Å²) in [5, 5.41) is 19.3. The average molecular weight is 219 g/mol. The van der Waals surface area contributed by atoms with Crippen LogP contribution in [0.3, 0.4) is 0 Å². The van der Waals surface area contributed by atoms with Crippen LogP contribution in [0.4, 0.5) is 0 Å². The highest BCUT2D eigenvalue weighted by atomic mass is 16.7. The van der Waals surface area contributed by atoms with Crippen molar-refractivity contribution in [3.8, 4) is 0 Å². The molecule has 4 N–H and O–H groups in total. The van der Waals surface area contributed by atoms with Gasteiger partial charge in [-0.3, -0.25) is 4.79 Å². The van der Waals surface area contributed by atoms with Gasteiger partial charge in [-0.05, 0) is 0 Å². The van der Waals surface area contributed by atoms with Crippen LogP contribution in [-0.4, -0.2) is 47.3 Å². The number of carbonyl (C=O) groups excluding carboxylic acids is 1. The summed E-state index contributed by atoms with van der Waals surface area (Å²) >= 11 is 0. The standard InChI is InChI=1S/C9H17NO5/c1-4-6(3-10)15-9(13)8(7(4)12)14-5(2)11/h4,6-9,12-13H,3,10H2,1-2H3/t4-,6+,7-,8+,9?/m0/s1. The Morgan fingerprint density at radius 1 is 1.53 bits per heavy atom. The third-order valence-electron chi connectivity index (χ3n) is 2.59. The predicted molar refractivity (Wildman–Crippen MR) is 50.7 cm³/mol. The molecular weight excluding hydrogens is 202 g/mol. The fourth-order valence-corrected chi connectivity index (χ4v) is 1.66. The molecule has 1 unspecified atom stereocenters. The lowest BCUT2D eigenvalue weighted by Gasteiger charge is -2.40. The van der Waals surface area contributed by atoms with Crippen LogP contribution in [0, 0.1) is 5.92 Å². The van der Waals surface area contributed by atoms with E-state index in [2.05, 4.69) is 0 Å². The smallest absolute Gasteiger partial charge is 0.303 e. The number of esters is 1. The summed E-state index contributed by atoms with van der Waals surface area (Å²) < 4.78 is 9.90. The molecule has 0 aromatic rings. The summed E-state index contributed by atoms with van der Waals surface area (Å²) in [5.41, 5.74) is 5.41. The summed E-state index contributed by atoms with van der Waals surface area (Å²) in [4.78, 5) is 10.7. The van der Waals surface area contributed by atoms with Crippen molar-refractivity contribution in [3.05, 3.63) is 0 Å². The molecule has 1 heterocycles. The zero-order valence-electron chi connectivity index (χ0n) is 8.79. The van der Waals surface area contributed by atoms with Gasteiger partial charge in [-0.25, -0.2) is 0 Å². The Hall–Kier alpha value is -0.690. The van der Waals surface area contributed by atoms with Crippen LogP contribution in [0.15, 0.2) is 0 Å². The average Bonchev–Trinajstić information content (AvgIpc) is 2.18. The van der Waals surface area contributed by atoms with E-state index in [4.69, 9.17) is 15.2 Å². The number of carbonyl (C=O) groups is 1. The van der Waals surface area contributed by atoms with Crippen molar-refractivity contribution in [3.63, 3.8) is 0 Å². The molecule has 0 radical (unpaired) electrons. The third kappa shape index (κ3) is 2.66. The number of aliphatic hydroxyl groups excluding tert-OH is 2. The fraction of sp³-hybridized carbons (Fsp3) is 0.889. The van der Waals surface area contributed by atoms with E-state index in [0.717, 1.165) is 0 Å². The molecule has 0 aromatic heterocycles. The fourth-order valence-electron chi connectivity index (χ4n) is 1.66. The van der Waals surface area contributed by atoms with Crippen molar-refractivity contribution >= 4 is 5.97 Å². The SMILES string of the molecule is CC(=O)O[C@H]1C(O)O[C@H](CN)[C@H](C)[C@@H]1O. The van der Waals surface area contributed by atoms with Crippen LogP contribution in [0.2, 0.25) is 0 Å². The minimum atomic E-state index is -1.33. The Bertz CT molecular complexity index is 235. The molecule has 5 atom stereocenters. The molecule has 88 valence electrons. The minimum Gasteiger partial charge on any atom is -0.454 e. The molecule has 0 aliphatic carbocycles. The quantitative estimate of drug-likeness (QED) is 0.493. The van der Waals surface area contributed by atoms with Gasteiger partial charge in [-0.15, -0.1) is 0 Å². The Morgan fingerprint density at radius 2 is 2.13 bits per heavy atom. The zero-order valence-corrected chi connectivity index (χ0v) is 8.79. The topological polar surface area (TPSA) is 102 Å². The van der Waals surface area contributed by atoms with Gasteiger partial charge in [0.15, 0.2) is 12.4 Å². The summed E-state index contributed by atoms with van der Waals surface area (Å²) in [6, 6.07) is 0. The van der Waals surface area contributed by atoms with E-state index < -0.39 is 30.6 Å². The summed E-state index contributed by atoms with van der Waals surface area (Å²) in [6.07, 6.45) is -3.76. The van der Waals surface area contributed by atoms with Crippen LogP contribution in [0.5, 0.6) is 0 Å². The summed E-state index contributed by atoms with van der Waals surface area (Å²) in [7, 11) is 0. The number of aliphatic hydroxyl groups is 2. The monoisotopic (exact) mass is 219 g/mol. The van der Waals surface area contributed by atoms with E-state index >= 15 is 0 Å². The lowest BCUT2D eigenvalue weighted by atomic mass is 9.90. The number of nitrogens with two attached hydrogens (primary N) is 1. The van der Waals surface area contributed by atoms with Crippen molar-refractivity contribution in [2.45, 2.75) is 38.4 Å². The molecule has 1 rings (SSSR count). The van der Waals surface area contributed by atoms with Gasteiger partial charge in [0.05, 0.1) is 6.10 Å². The van der Waals surface area contributed by atoms with Crippen molar-refractivity contribution in [1.82, 2.24) is 0 Å². The number of rotatable bonds is 2. The molecule has 15 heavy (non-hydrogen) atoms. The Balaban J connectivity index is 2.70. The van der Waals surface area contributed by atoms with Gasteiger partial charge < -0.3 is 25.4 Å². The second-order valence-electron chi connectivity index (χ2n) is 3.72. The first-order valence-electron chi connectivity index (χ1n) is 4.86. The van der Waals surface area contributed by atoms with Gasteiger partial charge in [0.25, 0.3) is 0 Å². The molecule has 0 spiro atoms. The van der Waals surface area contributed by atoms with Gasteiger partial charge in [-0.2, -0.15) is 0 Å². The molecule has 1 saturated heterocycles. The Labute approximate surface area is 88.0 Å². The van der Waals surface area contributed by atoms with Crippen molar-refractivity contribution in [1.29, 1.82) is 0 Å². The van der Waals surface area contributed by atoms with E-state index in [1.165, 1.54) is 6.92 Å². The normalized spacial score (nSPS) is 41.3. The van der Waals surface area contributed by atoms with Crippen LogP contribution < -0.4 is 5.73 Å². The van der Waals surface area contributed by atoms with Gasteiger partial charge in [0, 0.05) is 19.4 Å². The molecule has 0 amide bonds. The molecule has 0 saturated carbocycles. The van der Waals surface area contributed by atoms with Gasteiger partial charge in [-0.1, -0.05) is 6.92 Å². The van der Waals surface area contributed by atoms with E-state index in [-0.39, 0.29) is 12.5 Å². The minimum absolute atomic E-state index is 0.197. The maximum atomic E-state index is 10.7. The maximum absolute atomic E-state index is 10.7. The van der Waals surface area contributed by atoms with E-state index in [1.807, 2.05) is 0 Å². The number of hydrogen-bond acceptors (Lipinski definition) is 6. The zero-order chi connectivity index (χ0) is 11.6. The molecule has 6 heteroatoms. The van der Waals surface area contributed by atoms with Crippen molar-refractivity contribution < 1.29 is 24.5 Å². The first-order valence-corrected chi connectivity index (χ1v) is 4.86. The Morgan fingerprint density at radius 3 is 2.60 bits per heavy atom. The molecule has 0 bridgehead atoms. The predicted octanol–water partition coefficient (Wildman–Crippen LogP) is -1.41. The lowest BCUT2D eigenvalue weighted by molar-refractivity contribution is -0.269. The largest absolute Gasteiger partial charge is 0.454 e. The molecule has 1 aliphatic rings. The highest BCUT2D eigenvalue weighted by Crippen LogP contribution is 2.26. The summed E-state index contributed by atoms with van der Waals surface area (Å²) in [6.45, 7) is 3.13. The van der Waals surface area contributed by atoms with Gasteiger partial charge >= 0.3 is 5.97 Å². The van der Waals surface area contributed by atoms with Gasteiger partial charge in [0.1, 0.15) is 6.10 Å². The van der Waals surface area contributed by atoms with Crippen LogP contribution >= 0.6 is 0 Å². The third-order valence-corrected chi connectivity index (χ3v) is 2.59. The highest BCUT2D eigenvalue weighted by Gasteiger charge is 2.43. The molecule has 6 nitrogen and oxygen atoms in total. The van der Waals surface area contributed by atoms with Crippen molar-refractivity contribution in [2.24, 2.45) is 11.7 Å². The lowest BCUT2D eigenvalue weighted by Crippen LogP contribution is -2.56. The maximum Gasteiger partial charge on any atom is 0.303 e.